The Kier molecular flexibility index (Phi) is 9.01. The zero-order chi connectivity index (χ0) is 32.0. The van der Waals surface area contributed by atoms with Crippen LogP contribution in [0.3, 0.4) is 0 Å². The molecule has 10 atom stereocenters. The van der Waals surface area contributed by atoms with Crippen molar-refractivity contribution in [3.63, 3.8) is 0 Å². The molecule has 2 aliphatic heterocycles. The van der Waals surface area contributed by atoms with Gasteiger partial charge in [0, 0.05) is 17.7 Å². The monoisotopic (exact) mass is 624 g/mol. The van der Waals surface area contributed by atoms with Crippen molar-refractivity contribution in [3.8, 4) is 34.3 Å². The fraction of sp³-hybridized carbons (Fsp3) is 0.464. The van der Waals surface area contributed by atoms with Gasteiger partial charge in [-0.2, -0.15) is 0 Å². The molecule has 0 bridgehead atoms. The summed E-state index contributed by atoms with van der Waals surface area (Å²) in [6, 6.07) is 5.93. The first kappa shape index (κ1) is 31.9. The number of hydrogen-bond acceptors (Lipinski definition) is 16. The summed E-state index contributed by atoms with van der Waals surface area (Å²) in [7, 11) is 1.30. The van der Waals surface area contributed by atoms with Gasteiger partial charge >= 0.3 is 0 Å². The molecule has 1 aromatic heterocycles. The van der Waals surface area contributed by atoms with Crippen LogP contribution in [-0.2, 0) is 9.47 Å². The molecule has 44 heavy (non-hydrogen) atoms. The first-order valence-corrected chi connectivity index (χ1v) is 13.4. The van der Waals surface area contributed by atoms with Crippen molar-refractivity contribution in [2.45, 2.75) is 61.2 Å². The highest BCUT2D eigenvalue weighted by molar-refractivity contribution is 5.90. The molecule has 2 aromatic carbocycles. The summed E-state index contributed by atoms with van der Waals surface area (Å²) in [6.07, 6.45) is -17.5. The number of fused-ring (bicyclic) bond motifs is 1. The number of rotatable bonds is 7. The van der Waals surface area contributed by atoms with Crippen LogP contribution in [0.25, 0.3) is 22.3 Å². The molecule has 0 saturated carbocycles. The molecule has 0 amide bonds. The Balaban J connectivity index is 1.74. The highest BCUT2D eigenvalue weighted by Crippen LogP contribution is 2.45. The Morgan fingerprint density at radius 2 is 1.39 bits per heavy atom. The lowest BCUT2D eigenvalue weighted by molar-refractivity contribution is -0.278. The lowest BCUT2D eigenvalue weighted by Crippen LogP contribution is -2.60. The summed E-state index contributed by atoms with van der Waals surface area (Å²) in [5, 5.41) is 103. The number of hydrogen-bond donors (Lipinski definition) is 10. The van der Waals surface area contributed by atoms with Crippen molar-refractivity contribution in [2.75, 3.05) is 20.3 Å². The summed E-state index contributed by atoms with van der Waals surface area (Å²) in [5.74, 6) is -1.50. The molecule has 2 saturated heterocycles. The molecular formula is C28H32O16. The van der Waals surface area contributed by atoms with Gasteiger partial charge in [0.25, 0.3) is 0 Å². The van der Waals surface area contributed by atoms with Crippen LogP contribution in [0.15, 0.2) is 39.5 Å². The van der Waals surface area contributed by atoms with E-state index in [2.05, 4.69) is 0 Å². The normalized spacial score (nSPS) is 32.5. The third-order valence-corrected chi connectivity index (χ3v) is 7.71. The zero-order valence-electron chi connectivity index (χ0n) is 23.0. The number of benzene rings is 2. The predicted octanol–water partition coefficient (Wildman–Crippen LogP) is -2.43. The van der Waals surface area contributed by atoms with Gasteiger partial charge in [0.2, 0.25) is 6.29 Å². The highest BCUT2D eigenvalue weighted by Gasteiger charge is 2.48. The summed E-state index contributed by atoms with van der Waals surface area (Å²) in [4.78, 5) is 13.4. The van der Waals surface area contributed by atoms with Gasteiger partial charge in [0.1, 0.15) is 77.6 Å². The maximum Gasteiger partial charge on any atom is 0.229 e. The van der Waals surface area contributed by atoms with Gasteiger partial charge in [-0.15, -0.1) is 0 Å². The lowest BCUT2D eigenvalue weighted by atomic mass is 9.89. The van der Waals surface area contributed by atoms with Crippen LogP contribution >= 0.6 is 0 Å². The molecule has 3 heterocycles. The Morgan fingerprint density at radius 1 is 0.750 bits per heavy atom. The minimum Gasteiger partial charge on any atom is -0.507 e. The fourth-order valence-electron chi connectivity index (χ4n) is 5.28. The van der Waals surface area contributed by atoms with Crippen LogP contribution in [0.4, 0.5) is 0 Å². The molecule has 16 heteroatoms. The molecule has 2 fully saturated rings. The molecule has 10 unspecified atom stereocenters. The van der Waals surface area contributed by atoms with Crippen molar-refractivity contribution in [2.24, 2.45) is 0 Å². The van der Waals surface area contributed by atoms with E-state index in [1.54, 1.807) is 0 Å². The standard InChI is InChI=1S/C28H32O16/c1-40-14-4-9(2-3-10(14)31)13-5-11(32)18-12(33)6-15(43-28-25(39)23(37)21(35)17(8-30)44-28)19(26(18)41-13)27-24(38)22(36)20(34)16(7-29)42-27/h2-6,16-17,20-25,27-31,33-39H,7-8H2,1H3. The number of aliphatic hydroxyl groups excluding tert-OH is 8. The topological polar surface area (TPSA) is 269 Å². The second-order valence-electron chi connectivity index (χ2n) is 10.4. The van der Waals surface area contributed by atoms with E-state index < -0.39 is 102 Å². The van der Waals surface area contributed by atoms with Crippen molar-refractivity contribution in [3.05, 3.63) is 46.1 Å². The maximum absolute atomic E-state index is 13.4. The quantitative estimate of drug-likeness (QED) is 0.131. The number of aromatic hydroxyl groups is 2. The lowest BCUT2D eigenvalue weighted by Gasteiger charge is -2.42. The highest BCUT2D eigenvalue weighted by atomic mass is 16.7. The average Bonchev–Trinajstić information content (AvgIpc) is 3.00. The van der Waals surface area contributed by atoms with Crippen molar-refractivity contribution < 1.29 is 74.4 Å². The Morgan fingerprint density at radius 3 is 2.02 bits per heavy atom. The third kappa shape index (κ3) is 5.45. The molecule has 0 aliphatic carbocycles. The van der Waals surface area contributed by atoms with Gasteiger partial charge in [0.15, 0.2) is 22.5 Å². The zero-order valence-corrected chi connectivity index (χ0v) is 23.0. The van der Waals surface area contributed by atoms with Crippen molar-refractivity contribution >= 4 is 11.0 Å². The van der Waals surface area contributed by atoms with E-state index in [4.69, 9.17) is 23.4 Å². The summed E-state index contributed by atoms with van der Waals surface area (Å²) in [6.45, 7) is -1.61. The molecule has 240 valence electrons. The molecule has 16 nitrogen and oxygen atoms in total. The smallest absolute Gasteiger partial charge is 0.229 e. The first-order valence-electron chi connectivity index (χ1n) is 13.4. The van der Waals surface area contributed by atoms with E-state index in [9.17, 15) is 55.9 Å². The predicted molar refractivity (Wildman–Crippen MR) is 145 cm³/mol. The van der Waals surface area contributed by atoms with E-state index in [-0.39, 0.29) is 28.4 Å². The first-order chi connectivity index (χ1) is 20.9. The minimum atomic E-state index is -1.94. The fourth-order valence-corrected chi connectivity index (χ4v) is 5.28. The molecule has 2 aliphatic rings. The van der Waals surface area contributed by atoms with Crippen LogP contribution in [0.1, 0.15) is 11.7 Å². The van der Waals surface area contributed by atoms with Gasteiger partial charge in [-0.1, -0.05) is 0 Å². The van der Waals surface area contributed by atoms with Crippen molar-refractivity contribution in [1.29, 1.82) is 0 Å². The summed E-state index contributed by atoms with van der Waals surface area (Å²) >= 11 is 0. The number of aliphatic hydroxyl groups is 8. The van der Waals surface area contributed by atoms with Gasteiger partial charge < -0.3 is 74.4 Å². The van der Waals surface area contributed by atoms with E-state index in [0.29, 0.717) is 0 Å². The molecule has 10 N–H and O–H groups in total. The number of phenolic OH excluding ortho intramolecular Hbond substituents is 2. The Hall–Kier alpha value is -3.55. The van der Waals surface area contributed by atoms with Gasteiger partial charge in [-0.3, -0.25) is 4.79 Å². The Labute approximate surface area is 247 Å². The molecule has 0 spiro atoms. The Bertz CT molecular complexity index is 1550. The van der Waals surface area contributed by atoms with Crippen LogP contribution in [0.5, 0.6) is 23.0 Å². The van der Waals surface area contributed by atoms with E-state index in [0.717, 1.165) is 12.1 Å². The second-order valence-corrected chi connectivity index (χ2v) is 10.4. The van der Waals surface area contributed by atoms with Gasteiger partial charge in [-0.25, -0.2) is 0 Å². The molecule has 0 radical (unpaired) electrons. The molecule has 3 aromatic rings. The number of methoxy groups -OCH3 is 1. The number of ether oxygens (including phenoxy) is 4. The minimum absolute atomic E-state index is 0.0296. The van der Waals surface area contributed by atoms with Crippen LogP contribution < -0.4 is 14.9 Å². The van der Waals surface area contributed by atoms with Gasteiger partial charge in [-0.05, 0) is 18.2 Å². The third-order valence-electron chi connectivity index (χ3n) is 7.71. The summed E-state index contributed by atoms with van der Waals surface area (Å²) in [5.41, 5.74) is -1.38. The maximum atomic E-state index is 13.4. The SMILES string of the molecule is COc1cc(-c2cc(=O)c3c(O)cc(OC4OC(CO)C(O)C(O)C4O)c(C4OC(CO)C(O)C(O)C4O)c3o2)ccc1O. The van der Waals surface area contributed by atoms with Gasteiger partial charge in [0.05, 0.1) is 25.9 Å². The molecular weight excluding hydrogens is 592 g/mol. The number of phenols is 2. The van der Waals surface area contributed by atoms with E-state index >= 15 is 0 Å². The largest absolute Gasteiger partial charge is 0.507 e. The summed E-state index contributed by atoms with van der Waals surface area (Å²) < 4.78 is 28.1. The van der Waals surface area contributed by atoms with Crippen LogP contribution in [0, 0.1) is 0 Å². The van der Waals surface area contributed by atoms with Crippen molar-refractivity contribution in [1.82, 2.24) is 0 Å². The van der Waals surface area contributed by atoms with Crippen LogP contribution in [0.2, 0.25) is 0 Å². The van der Waals surface area contributed by atoms with E-state index in [1.807, 2.05) is 0 Å². The molecule has 5 rings (SSSR count). The average molecular weight is 625 g/mol. The van der Waals surface area contributed by atoms with Crippen LogP contribution in [-0.4, -0.2) is 127 Å². The second kappa shape index (κ2) is 12.4. The van der Waals surface area contributed by atoms with E-state index in [1.165, 1.54) is 25.3 Å².